The number of hydrogen-bond donors (Lipinski definition) is 0. The maximum absolute atomic E-state index is 6.71. The van der Waals surface area contributed by atoms with Crippen LogP contribution in [-0.2, 0) is 14.2 Å². The van der Waals surface area contributed by atoms with E-state index >= 15 is 0 Å². The largest absolute Gasteiger partial charge is 0.493 e. The van der Waals surface area contributed by atoms with Gasteiger partial charge in [0.25, 0.3) is 0 Å². The van der Waals surface area contributed by atoms with Crippen molar-refractivity contribution >= 4 is 0 Å². The van der Waals surface area contributed by atoms with Crippen molar-refractivity contribution in [1.29, 1.82) is 0 Å². The molecule has 2 aliphatic rings. The molecular weight excluding hydrogens is 576 g/mol. The highest BCUT2D eigenvalue weighted by atomic mass is 16.7. The molecule has 0 N–H and O–H groups in total. The third-order valence-electron chi connectivity index (χ3n) is 8.82. The second kappa shape index (κ2) is 15.1. The monoisotopic (exact) mass is 622 g/mol. The number of hydrogen-bond acceptors (Lipinski definition) is 9. The molecule has 9 nitrogen and oxygen atoms in total. The zero-order chi connectivity index (χ0) is 31.9. The third kappa shape index (κ3) is 7.11. The predicted octanol–water partition coefficient (Wildman–Crippen LogP) is 7.83. The lowest BCUT2D eigenvalue weighted by atomic mass is 9.85. The van der Waals surface area contributed by atoms with E-state index in [1.54, 1.807) is 28.4 Å². The van der Waals surface area contributed by atoms with E-state index in [0.29, 0.717) is 41.1 Å². The number of unbranched alkanes of at least 4 members (excludes halogenated alkanes) is 2. The van der Waals surface area contributed by atoms with Crippen LogP contribution in [0.1, 0.15) is 75.0 Å². The standard InChI is InChI=1S/C36H46O9/c1-8-9-10-17-41-35(26-12-15-28-32(20-26)43-21-42-28)36(40-7)44-29-16-13-25(19-31(29)39-6)34-23(3)22(2)33(45-34)24-11-14-27(37-4)30(18-24)38-5/h11-16,18-20,22-23,33-36H,8-10,17,21H2,1-7H3/t22-,23+,33+,34-,35?,36?/m0/s1. The van der Waals surface area contributed by atoms with E-state index in [2.05, 4.69) is 20.8 Å². The van der Waals surface area contributed by atoms with Crippen LogP contribution >= 0.6 is 0 Å². The molecule has 3 aromatic carbocycles. The van der Waals surface area contributed by atoms with Gasteiger partial charge in [-0.3, -0.25) is 0 Å². The molecule has 0 radical (unpaired) electrons. The van der Waals surface area contributed by atoms with Crippen LogP contribution in [0, 0.1) is 11.8 Å². The first-order chi connectivity index (χ1) is 21.9. The molecule has 5 rings (SSSR count). The Kier molecular flexibility index (Phi) is 11.0. The van der Waals surface area contributed by atoms with Gasteiger partial charge < -0.3 is 42.6 Å². The molecule has 0 aliphatic carbocycles. The Balaban J connectivity index is 1.36. The minimum Gasteiger partial charge on any atom is -0.493 e. The van der Waals surface area contributed by atoms with Gasteiger partial charge in [-0.05, 0) is 71.3 Å². The molecule has 2 aliphatic heterocycles. The summed E-state index contributed by atoms with van der Waals surface area (Å²) in [6.07, 6.45) is 1.63. The van der Waals surface area contributed by atoms with E-state index in [1.807, 2.05) is 54.6 Å². The van der Waals surface area contributed by atoms with Crippen LogP contribution in [0.3, 0.4) is 0 Å². The van der Waals surface area contributed by atoms with Gasteiger partial charge in [0.1, 0.15) is 6.10 Å². The SMILES string of the molecule is CCCCCOC(c1ccc2c(c1)OCO2)C(OC)Oc1ccc([C@H]2O[C@@H](c3ccc(OC)c(OC)c3)[C@@H](C)[C@H]2C)cc1OC. The first-order valence-corrected chi connectivity index (χ1v) is 15.7. The Morgan fingerprint density at radius 2 is 1.33 bits per heavy atom. The normalized spacial score (nSPS) is 21.8. The van der Waals surface area contributed by atoms with E-state index in [0.717, 1.165) is 36.0 Å². The average molecular weight is 623 g/mol. The number of benzene rings is 3. The number of ether oxygens (including phenoxy) is 9. The fourth-order valence-corrected chi connectivity index (χ4v) is 6.05. The third-order valence-corrected chi connectivity index (χ3v) is 8.82. The smallest absolute Gasteiger partial charge is 0.231 e. The fraction of sp³-hybridized carbons (Fsp3) is 0.500. The number of methoxy groups -OCH3 is 4. The summed E-state index contributed by atoms with van der Waals surface area (Å²) in [7, 11) is 6.53. The Hall–Kier alpha value is -3.66. The Labute approximate surface area is 266 Å². The predicted molar refractivity (Wildman–Crippen MR) is 170 cm³/mol. The molecule has 1 saturated heterocycles. The average Bonchev–Trinajstić information content (AvgIpc) is 3.67. The fourth-order valence-electron chi connectivity index (χ4n) is 6.05. The number of rotatable bonds is 15. The molecule has 9 heteroatoms. The summed E-state index contributed by atoms with van der Waals surface area (Å²) in [5.74, 6) is 4.41. The highest BCUT2D eigenvalue weighted by Gasteiger charge is 2.41. The van der Waals surface area contributed by atoms with Gasteiger partial charge in [0.2, 0.25) is 13.1 Å². The highest BCUT2D eigenvalue weighted by Crippen LogP contribution is 2.51. The van der Waals surface area contributed by atoms with Crippen LogP contribution in [0.2, 0.25) is 0 Å². The topological polar surface area (TPSA) is 83.1 Å². The molecule has 0 amide bonds. The maximum Gasteiger partial charge on any atom is 0.231 e. The summed E-state index contributed by atoms with van der Waals surface area (Å²) in [5.41, 5.74) is 2.94. The van der Waals surface area contributed by atoms with Gasteiger partial charge in [0, 0.05) is 13.7 Å². The summed E-state index contributed by atoms with van der Waals surface area (Å²) >= 11 is 0. The van der Waals surface area contributed by atoms with E-state index in [1.165, 1.54) is 0 Å². The molecule has 2 unspecified atom stereocenters. The molecule has 0 aromatic heterocycles. The van der Waals surface area contributed by atoms with E-state index < -0.39 is 12.4 Å². The molecule has 6 atom stereocenters. The second-order valence-corrected chi connectivity index (χ2v) is 11.6. The number of fused-ring (bicyclic) bond motifs is 1. The van der Waals surface area contributed by atoms with E-state index in [9.17, 15) is 0 Å². The molecule has 244 valence electrons. The van der Waals surface area contributed by atoms with Crippen LogP contribution in [0.25, 0.3) is 0 Å². The van der Waals surface area contributed by atoms with E-state index in [-0.39, 0.29) is 30.8 Å². The van der Waals surface area contributed by atoms with Crippen molar-refractivity contribution in [3.8, 4) is 34.5 Å². The molecule has 0 saturated carbocycles. The lowest BCUT2D eigenvalue weighted by Crippen LogP contribution is -2.30. The molecule has 3 aromatic rings. The summed E-state index contributed by atoms with van der Waals surface area (Å²) in [6, 6.07) is 17.7. The molecular formula is C36H46O9. The first kappa shape index (κ1) is 32.7. The van der Waals surface area contributed by atoms with E-state index in [4.69, 9.17) is 42.6 Å². The van der Waals surface area contributed by atoms with Crippen molar-refractivity contribution < 1.29 is 42.6 Å². The molecule has 45 heavy (non-hydrogen) atoms. The second-order valence-electron chi connectivity index (χ2n) is 11.6. The zero-order valence-corrected chi connectivity index (χ0v) is 27.4. The Bertz CT molecular complexity index is 1410. The Morgan fingerprint density at radius 3 is 1.96 bits per heavy atom. The summed E-state index contributed by atoms with van der Waals surface area (Å²) in [4.78, 5) is 0. The van der Waals surface area contributed by atoms with Crippen molar-refractivity contribution in [2.45, 2.75) is 64.6 Å². The molecule has 0 spiro atoms. The van der Waals surface area contributed by atoms with Crippen LogP contribution < -0.4 is 28.4 Å². The van der Waals surface area contributed by atoms with Gasteiger partial charge in [0.15, 0.2) is 34.5 Å². The molecule has 2 heterocycles. The lowest BCUT2D eigenvalue weighted by molar-refractivity contribution is -0.152. The molecule has 0 bridgehead atoms. The highest BCUT2D eigenvalue weighted by molar-refractivity contribution is 5.47. The van der Waals surface area contributed by atoms with Crippen molar-refractivity contribution in [3.63, 3.8) is 0 Å². The quantitative estimate of drug-likeness (QED) is 0.124. The molecule has 1 fully saturated rings. The van der Waals surface area contributed by atoms with Crippen molar-refractivity contribution in [1.82, 2.24) is 0 Å². The minimum absolute atomic E-state index is 0.100. The van der Waals surface area contributed by atoms with Gasteiger partial charge >= 0.3 is 0 Å². The van der Waals surface area contributed by atoms with Crippen LogP contribution in [-0.4, -0.2) is 48.1 Å². The Morgan fingerprint density at radius 1 is 0.711 bits per heavy atom. The van der Waals surface area contributed by atoms with Crippen molar-refractivity contribution in [2.24, 2.45) is 11.8 Å². The van der Waals surface area contributed by atoms with Crippen molar-refractivity contribution in [2.75, 3.05) is 41.8 Å². The van der Waals surface area contributed by atoms with Crippen LogP contribution in [0.4, 0.5) is 0 Å². The van der Waals surface area contributed by atoms with Gasteiger partial charge in [-0.1, -0.05) is 51.8 Å². The minimum atomic E-state index is -0.747. The van der Waals surface area contributed by atoms with Gasteiger partial charge in [-0.2, -0.15) is 0 Å². The van der Waals surface area contributed by atoms with Gasteiger partial charge in [0.05, 0.1) is 33.5 Å². The summed E-state index contributed by atoms with van der Waals surface area (Å²) in [5, 5.41) is 0. The van der Waals surface area contributed by atoms with Crippen molar-refractivity contribution in [3.05, 3.63) is 71.3 Å². The maximum atomic E-state index is 6.71. The lowest BCUT2D eigenvalue weighted by Gasteiger charge is -2.28. The first-order valence-electron chi connectivity index (χ1n) is 15.7. The summed E-state index contributed by atoms with van der Waals surface area (Å²) < 4.78 is 53.4. The zero-order valence-electron chi connectivity index (χ0n) is 27.4. The van der Waals surface area contributed by atoms with Crippen LogP contribution in [0.5, 0.6) is 34.5 Å². The van der Waals surface area contributed by atoms with Gasteiger partial charge in [-0.25, -0.2) is 0 Å². The van der Waals surface area contributed by atoms with Gasteiger partial charge in [-0.15, -0.1) is 0 Å². The van der Waals surface area contributed by atoms with Crippen LogP contribution in [0.15, 0.2) is 54.6 Å². The summed E-state index contributed by atoms with van der Waals surface area (Å²) in [6.45, 7) is 7.38.